The molecule has 0 bridgehead atoms. The Morgan fingerprint density at radius 1 is 1.27 bits per heavy atom. The van der Waals surface area contributed by atoms with Gasteiger partial charge in [-0.1, -0.05) is 30.3 Å². The van der Waals surface area contributed by atoms with Crippen LogP contribution < -0.4 is 5.73 Å². The van der Waals surface area contributed by atoms with Crippen molar-refractivity contribution in [1.29, 1.82) is 0 Å². The van der Waals surface area contributed by atoms with E-state index in [2.05, 4.69) is 17.0 Å². The van der Waals surface area contributed by atoms with Crippen molar-refractivity contribution < 1.29 is 9.53 Å². The maximum atomic E-state index is 13.2. The van der Waals surface area contributed by atoms with Gasteiger partial charge in [-0.2, -0.15) is 0 Å². The van der Waals surface area contributed by atoms with E-state index in [-0.39, 0.29) is 5.91 Å². The Morgan fingerprint density at radius 3 is 2.59 bits per heavy atom. The van der Waals surface area contributed by atoms with E-state index in [1.807, 2.05) is 18.2 Å². The zero-order valence-corrected chi connectivity index (χ0v) is 13.2. The molecule has 22 heavy (non-hydrogen) atoms. The summed E-state index contributed by atoms with van der Waals surface area (Å²) in [6.07, 6.45) is 4.02. The third kappa shape index (κ3) is 2.90. The van der Waals surface area contributed by atoms with Crippen LogP contribution in [0.1, 0.15) is 31.2 Å². The second-order valence-electron chi connectivity index (χ2n) is 6.56. The quantitative estimate of drug-likeness (QED) is 0.924. The van der Waals surface area contributed by atoms with Crippen LogP contribution in [0.25, 0.3) is 0 Å². The number of ether oxygens (including phenoxy) is 1. The number of hydrogen-bond acceptors (Lipinski definition) is 3. The van der Waals surface area contributed by atoms with Crippen LogP contribution in [-0.4, -0.2) is 43.7 Å². The number of nitrogens with zero attached hydrogens (tertiary/aromatic N) is 1. The second kappa shape index (κ2) is 6.80. The van der Waals surface area contributed by atoms with Crippen LogP contribution in [0.15, 0.2) is 30.3 Å². The molecule has 2 N–H and O–H groups in total. The van der Waals surface area contributed by atoms with E-state index in [4.69, 9.17) is 10.5 Å². The molecule has 0 aromatic heterocycles. The molecule has 4 heteroatoms. The van der Waals surface area contributed by atoms with Crippen molar-refractivity contribution in [2.75, 3.05) is 32.8 Å². The molecule has 2 heterocycles. The Bertz CT molecular complexity index is 489. The molecule has 2 aliphatic heterocycles. The van der Waals surface area contributed by atoms with Crippen LogP contribution in [0.2, 0.25) is 0 Å². The van der Waals surface area contributed by atoms with Gasteiger partial charge in [0.05, 0.1) is 12.0 Å². The van der Waals surface area contributed by atoms with E-state index < -0.39 is 5.41 Å². The number of amides is 1. The Balaban J connectivity index is 1.75. The monoisotopic (exact) mass is 302 g/mol. The summed E-state index contributed by atoms with van der Waals surface area (Å²) in [5, 5.41) is 0. The molecule has 0 saturated carbocycles. The number of carbonyl (C=O) groups excluding carboxylic acids is 1. The Morgan fingerprint density at radius 2 is 2.00 bits per heavy atom. The van der Waals surface area contributed by atoms with E-state index in [1.165, 1.54) is 0 Å². The zero-order chi connectivity index (χ0) is 15.4. The third-order valence-corrected chi connectivity index (χ3v) is 5.23. The number of likely N-dealkylation sites (tertiary alicyclic amines) is 1. The second-order valence-corrected chi connectivity index (χ2v) is 6.56. The maximum absolute atomic E-state index is 13.2. The van der Waals surface area contributed by atoms with Crippen molar-refractivity contribution in [3.8, 4) is 0 Å². The highest BCUT2D eigenvalue weighted by molar-refractivity contribution is 5.89. The van der Waals surface area contributed by atoms with Crippen LogP contribution in [0, 0.1) is 5.92 Å². The summed E-state index contributed by atoms with van der Waals surface area (Å²) >= 11 is 0. The predicted octanol–water partition coefficient (Wildman–Crippen LogP) is 1.93. The number of benzene rings is 1. The van der Waals surface area contributed by atoms with Gasteiger partial charge in [0, 0.05) is 19.7 Å². The summed E-state index contributed by atoms with van der Waals surface area (Å²) in [6, 6.07) is 10.1. The highest BCUT2D eigenvalue weighted by atomic mass is 16.5. The third-order valence-electron chi connectivity index (χ3n) is 5.23. The topological polar surface area (TPSA) is 55.6 Å². The van der Waals surface area contributed by atoms with Crippen LogP contribution in [0.4, 0.5) is 0 Å². The first-order valence-electron chi connectivity index (χ1n) is 8.39. The number of hydrogen-bond donors (Lipinski definition) is 1. The summed E-state index contributed by atoms with van der Waals surface area (Å²) in [4.78, 5) is 15.3. The van der Waals surface area contributed by atoms with Crippen molar-refractivity contribution in [2.45, 2.75) is 31.1 Å². The number of nitrogens with two attached hydrogens (primary N) is 1. The minimum absolute atomic E-state index is 0.252. The van der Waals surface area contributed by atoms with Crippen molar-refractivity contribution in [1.82, 2.24) is 4.90 Å². The fraction of sp³-hybridized carbons (Fsp3) is 0.611. The largest absolute Gasteiger partial charge is 0.380 e. The molecule has 2 aliphatic rings. The smallest absolute Gasteiger partial charge is 0.235 e. The Labute approximate surface area is 132 Å². The van der Waals surface area contributed by atoms with Gasteiger partial charge < -0.3 is 15.4 Å². The first kappa shape index (κ1) is 15.5. The molecule has 0 radical (unpaired) electrons. The van der Waals surface area contributed by atoms with Crippen LogP contribution in [-0.2, 0) is 14.9 Å². The van der Waals surface area contributed by atoms with Gasteiger partial charge in [-0.15, -0.1) is 0 Å². The number of piperidine rings is 1. The fourth-order valence-electron chi connectivity index (χ4n) is 3.81. The summed E-state index contributed by atoms with van der Waals surface area (Å²) in [6.45, 7) is 3.65. The molecule has 2 fully saturated rings. The zero-order valence-electron chi connectivity index (χ0n) is 13.2. The van der Waals surface area contributed by atoms with Gasteiger partial charge in [0.25, 0.3) is 0 Å². The summed E-state index contributed by atoms with van der Waals surface area (Å²) < 4.78 is 5.62. The van der Waals surface area contributed by atoms with Crippen LogP contribution >= 0.6 is 0 Å². The van der Waals surface area contributed by atoms with Gasteiger partial charge in [-0.25, -0.2) is 0 Å². The van der Waals surface area contributed by atoms with Crippen molar-refractivity contribution in [3.63, 3.8) is 0 Å². The van der Waals surface area contributed by atoms with E-state index in [1.54, 1.807) is 0 Å². The highest BCUT2D eigenvalue weighted by Crippen LogP contribution is 2.36. The van der Waals surface area contributed by atoms with E-state index >= 15 is 0 Å². The molecule has 1 aromatic carbocycles. The summed E-state index contributed by atoms with van der Waals surface area (Å²) in [7, 11) is 0. The van der Waals surface area contributed by atoms with E-state index in [0.717, 1.165) is 50.9 Å². The van der Waals surface area contributed by atoms with Crippen LogP contribution in [0.3, 0.4) is 0 Å². The lowest BCUT2D eigenvalue weighted by Crippen LogP contribution is -2.50. The van der Waals surface area contributed by atoms with Gasteiger partial charge in [-0.05, 0) is 43.7 Å². The molecule has 3 rings (SSSR count). The van der Waals surface area contributed by atoms with Gasteiger partial charge in [0.1, 0.15) is 0 Å². The molecule has 0 aliphatic carbocycles. The molecule has 1 amide bonds. The van der Waals surface area contributed by atoms with Crippen molar-refractivity contribution >= 4 is 5.91 Å². The lowest BCUT2D eigenvalue weighted by Gasteiger charge is -2.38. The minimum atomic E-state index is -0.470. The lowest BCUT2D eigenvalue weighted by molar-refractivity contribution is -0.139. The van der Waals surface area contributed by atoms with Gasteiger partial charge >= 0.3 is 0 Å². The van der Waals surface area contributed by atoms with Gasteiger partial charge in [0.2, 0.25) is 5.91 Å². The molecule has 2 saturated heterocycles. The molecule has 0 spiro atoms. The van der Waals surface area contributed by atoms with Crippen molar-refractivity contribution in [2.24, 2.45) is 11.7 Å². The molecule has 1 unspecified atom stereocenters. The van der Waals surface area contributed by atoms with Crippen molar-refractivity contribution in [3.05, 3.63) is 35.9 Å². The Kier molecular flexibility index (Phi) is 4.79. The molecule has 120 valence electrons. The predicted molar refractivity (Wildman–Crippen MR) is 86.5 cm³/mol. The van der Waals surface area contributed by atoms with E-state index in [0.29, 0.717) is 19.1 Å². The number of carbonyl (C=O) groups is 1. The summed E-state index contributed by atoms with van der Waals surface area (Å²) in [5.74, 6) is 0.934. The maximum Gasteiger partial charge on any atom is 0.235 e. The first-order valence-corrected chi connectivity index (χ1v) is 8.39. The minimum Gasteiger partial charge on any atom is -0.380 e. The van der Waals surface area contributed by atoms with Crippen LogP contribution in [0.5, 0.6) is 0 Å². The Hall–Kier alpha value is -1.39. The highest BCUT2D eigenvalue weighted by Gasteiger charge is 2.46. The molecular formula is C18H26N2O2. The molecule has 1 aromatic rings. The average molecular weight is 302 g/mol. The summed E-state index contributed by atoms with van der Waals surface area (Å²) in [5.41, 5.74) is 6.28. The standard InChI is InChI=1S/C18H26N2O2/c19-10-6-15-7-11-20(12-8-15)17(21)18(9-13-22-14-18)16-4-2-1-3-5-16/h1-5,15H,6-14,19H2. The normalized spacial score (nSPS) is 26.3. The lowest BCUT2D eigenvalue weighted by atomic mass is 9.78. The van der Waals surface area contributed by atoms with Gasteiger partial charge in [0.15, 0.2) is 0 Å². The fourth-order valence-corrected chi connectivity index (χ4v) is 3.81. The SMILES string of the molecule is NCCC1CCN(C(=O)C2(c3ccccc3)CCOC2)CC1. The molecule has 1 atom stereocenters. The first-order chi connectivity index (χ1) is 10.8. The molecular weight excluding hydrogens is 276 g/mol. The molecule has 4 nitrogen and oxygen atoms in total. The van der Waals surface area contributed by atoms with E-state index in [9.17, 15) is 4.79 Å². The number of rotatable bonds is 4. The van der Waals surface area contributed by atoms with Gasteiger partial charge in [-0.3, -0.25) is 4.79 Å². The average Bonchev–Trinajstić information content (AvgIpc) is 3.07.